The zero-order chi connectivity index (χ0) is 18.8. The van der Waals surface area contributed by atoms with Crippen LogP contribution in [0, 0.1) is 0 Å². The van der Waals surface area contributed by atoms with Crippen molar-refractivity contribution in [2.45, 2.75) is 49.8 Å². The van der Waals surface area contributed by atoms with Crippen LogP contribution in [0.25, 0.3) is 0 Å². The molecule has 1 unspecified atom stereocenters. The Bertz CT molecular complexity index is 780. The maximum Gasteiger partial charge on any atom is 0.124 e. The first-order valence-electron chi connectivity index (χ1n) is 10.7. The molecular weight excluding hydrogens is 348 g/mol. The Balaban J connectivity index is 1.33. The van der Waals surface area contributed by atoms with Crippen molar-refractivity contribution < 1.29 is 9.47 Å². The van der Waals surface area contributed by atoms with Crippen LogP contribution in [0.1, 0.15) is 43.7 Å². The molecule has 0 aromatic heterocycles. The molecule has 1 N–H and O–H groups in total. The molecule has 1 spiro atoms. The van der Waals surface area contributed by atoms with Crippen LogP contribution in [0.15, 0.2) is 54.6 Å². The van der Waals surface area contributed by atoms with Gasteiger partial charge in [-0.15, -0.1) is 0 Å². The molecule has 2 saturated heterocycles. The van der Waals surface area contributed by atoms with E-state index in [1.54, 1.807) is 0 Å². The molecule has 0 radical (unpaired) electrons. The molecule has 148 valence electrons. The van der Waals surface area contributed by atoms with Gasteiger partial charge in [0.1, 0.15) is 11.4 Å². The molecule has 0 bridgehead atoms. The van der Waals surface area contributed by atoms with Crippen LogP contribution >= 0.6 is 0 Å². The molecule has 4 nitrogen and oxygen atoms in total. The number of fused-ring (bicyclic) bond motifs is 1. The average molecular weight is 379 g/mol. The predicted octanol–water partition coefficient (Wildman–Crippen LogP) is 4.32. The summed E-state index contributed by atoms with van der Waals surface area (Å²) < 4.78 is 12.2. The van der Waals surface area contributed by atoms with Crippen molar-refractivity contribution in [3.63, 3.8) is 0 Å². The molecule has 0 saturated carbocycles. The number of hydrogen-bond acceptors (Lipinski definition) is 4. The fourth-order valence-electron chi connectivity index (χ4n) is 5.03. The first kappa shape index (κ1) is 18.0. The van der Waals surface area contributed by atoms with Crippen LogP contribution in [0.4, 0.5) is 5.69 Å². The molecule has 1 atom stereocenters. The average Bonchev–Trinajstić information content (AvgIpc) is 2.76. The third-order valence-electron chi connectivity index (χ3n) is 6.65. The minimum Gasteiger partial charge on any atom is -0.487 e. The second-order valence-electron chi connectivity index (χ2n) is 8.46. The molecular formula is C24H30N2O2. The summed E-state index contributed by atoms with van der Waals surface area (Å²) in [5.41, 5.74) is 2.60. The number of hydrogen-bond donors (Lipinski definition) is 1. The van der Waals surface area contributed by atoms with E-state index in [2.05, 4.69) is 64.8 Å². The Kier molecular flexibility index (Phi) is 5.00. The molecule has 0 amide bonds. The molecule has 5 rings (SSSR count). The van der Waals surface area contributed by atoms with Gasteiger partial charge in [0.2, 0.25) is 0 Å². The van der Waals surface area contributed by atoms with E-state index < -0.39 is 0 Å². The van der Waals surface area contributed by atoms with E-state index in [4.69, 9.17) is 9.47 Å². The highest BCUT2D eigenvalue weighted by atomic mass is 16.5. The fraction of sp³-hybridized carbons (Fsp3) is 0.500. The minimum absolute atomic E-state index is 0.0531. The van der Waals surface area contributed by atoms with Gasteiger partial charge in [0, 0.05) is 68.9 Å². The summed E-state index contributed by atoms with van der Waals surface area (Å²) in [5, 5.41) is 3.95. The first-order chi connectivity index (χ1) is 13.8. The molecule has 3 aliphatic heterocycles. The number of anilines is 1. The number of para-hydroxylation sites is 2. The number of piperidine rings is 1. The van der Waals surface area contributed by atoms with Gasteiger partial charge < -0.3 is 19.7 Å². The third-order valence-corrected chi connectivity index (χ3v) is 6.65. The Morgan fingerprint density at radius 3 is 2.39 bits per heavy atom. The lowest BCUT2D eigenvalue weighted by molar-refractivity contribution is 0.00265. The number of ether oxygens (including phenoxy) is 2. The highest BCUT2D eigenvalue weighted by molar-refractivity contribution is 5.47. The van der Waals surface area contributed by atoms with Crippen LogP contribution in [0.3, 0.4) is 0 Å². The van der Waals surface area contributed by atoms with Gasteiger partial charge in [0.05, 0.1) is 0 Å². The summed E-state index contributed by atoms with van der Waals surface area (Å²) in [4.78, 5) is 2.50. The summed E-state index contributed by atoms with van der Waals surface area (Å²) >= 11 is 0. The van der Waals surface area contributed by atoms with Crippen LogP contribution in [-0.2, 0) is 4.74 Å². The Morgan fingerprint density at radius 2 is 1.61 bits per heavy atom. The van der Waals surface area contributed by atoms with Crippen molar-refractivity contribution in [2.24, 2.45) is 0 Å². The summed E-state index contributed by atoms with van der Waals surface area (Å²) in [6, 6.07) is 20.3. The van der Waals surface area contributed by atoms with Crippen LogP contribution in [0.2, 0.25) is 0 Å². The number of benzene rings is 2. The molecule has 3 heterocycles. The molecule has 28 heavy (non-hydrogen) atoms. The number of rotatable bonds is 3. The van der Waals surface area contributed by atoms with E-state index in [0.29, 0.717) is 12.1 Å². The van der Waals surface area contributed by atoms with Crippen molar-refractivity contribution >= 4 is 5.69 Å². The van der Waals surface area contributed by atoms with E-state index >= 15 is 0 Å². The van der Waals surface area contributed by atoms with Gasteiger partial charge in [-0.1, -0.05) is 36.4 Å². The summed E-state index contributed by atoms with van der Waals surface area (Å²) in [6.45, 7) is 3.85. The minimum atomic E-state index is -0.0531. The second kappa shape index (κ2) is 7.76. The van der Waals surface area contributed by atoms with Gasteiger partial charge in [-0.05, 0) is 31.0 Å². The molecule has 2 aromatic rings. The number of nitrogens with one attached hydrogen (secondary N) is 1. The molecule has 2 aromatic carbocycles. The fourth-order valence-corrected chi connectivity index (χ4v) is 5.03. The van der Waals surface area contributed by atoms with Gasteiger partial charge in [0.25, 0.3) is 0 Å². The summed E-state index contributed by atoms with van der Waals surface area (Å²) in [5.74, 6) is 1.08. The quantitative estimate of drug-likeness (QED) is 0.863. The van der Waals surface area contributed by atoms with Crippen LogP contribution in [-0.4, -0.2) is 37.9 Å². The smallest absolute Gasteiger partial charge is 0.124 e. The first-order valence-corrected chi connectivity index (χ1v) is 10.7. The maximum absolute atomic E-state index is 6.67. The van der Waals surface area contributed by atoms with E-state index in [0.717, 1.165) is 64.2 Å². The van der Waals surface area contributed by atoms with E-state index in [-0.39, 0.29) is 5.60 Å². The molecule has 2 fully saturated rings. The van der Waals surface area contributed by atoms with Crippen LogP contribution < -0.4 is 15.0 Å². The van der Waals surface area contributed by atoms with Crippen molar-refractivity contribution in [1.29, 1.82) is 0 Å². The van der Waals surface area contributed by atoms with Gasteiger partial charge >= 0.3 is 0 Å². The van der Waals surface area contributed by atoms with Crippen molar-refractivity contribution in [2.75, 3.05) is 31.2 Å². The summed E-state index contributed by atoms with van der Waals surface area (Å²) in [7, 11) is 0. The largest absolute Gasteiger partial charge is 0.487 e. The lowest BCUT2D eigenvalue weighted by atomic mass is 9.80. The van der Waals surface area contributed by atoms with Crippen molar-refractivity contribution in [3.8, 4) is 5.75 Å². The Morgan fingerprint density at radius 1 is 0.893 bits per heavy atom. The predicted molar refractivity (Wildman–Crippen MR) is 112 cm³/mol. The highest BCUT2D eigenvalue weighted by Crippen LogP contribution is 2.45. The van der Waals surface area contributed by atoms with Crippen molar-refractivity contribution in [3.05, 3.63) is 60.2 Å². The van der Waals surface area contributed by atoms with E-state index in [1.165, 1.54) is 11.3 Å². The summed E-state index contributed by atoms with van der Waals surface area (Å²) in [6.07, 6.45) is 5.41. The Labute approximate surface area is 167 Å². The van der Waals surface area contributed by atoms with Gasteiger partial charge in [-0.25, -0.2) is 0 Å². The van der Waals surface area contributed by atoms with Crippen molar-refractivity contribution in [1.82, 2.24) is 5.32 Å². The second-order valence-corrected chi connectivity index (χ2v) is 8.46. The maximum atomic E-state index is 6.67. The zero-order valence-corrected chi connectivity index (χ0v) is 16.5. The highest BCUT2D eigenvalue weighted by Gasteiger charge is 2.43. The van der Waals surface area contributed by atoms with Gasteiger partial charge in [0.15, 0.2) is 0 Å². The lowest BCUT2D eigenvalue weighted by Gasteiger charge is -2.48. The standard InChI is InChI=1S/C24H30N2O2/c1-2-6-20(7-3-1)26-14-12-24(13-15-26)18-22(25-19-10-16-27-17-11-19)21-8-4-5-9-23(21)28-24/h1-9,19,22,25H,10-18H2. The topological polar surface area (TPSA) is 33.7 Å². The monoisotopic (exact) mass is 378 g/mol. The van der Waals surface area contributed by atoms with E-state index in [1.807, 2.05) is 0 Å². The molecule has 0 aliphatic carbocycles. The molecule has 3 aliphatic rings. The Hall–Kier alpha value is -2.04. The number of nitrogens with zero attached hydrogens (tertiary/aromatic N) is 1. The van der Waals surface area contributed by atoms with Gasteiger partial charge in [-0.3, -0.25) is 0 Å². The third kappa shape index (κ3) is 3.63. The normalized spacial score (nSPS) is 24.6. The lowest BCUT2D eigenvalue weighted by Crippen LogP contribution is -2.53. The van der Waals surface area contributed by atoms with E-state index in [9.17, 15) is 0 Å². The zero-order valence-electron chi connectivity index (χ0n) is 16.5. The molecule has 4 heteroatoms. The van der Waals surface area contributed by atoms with Gasteiger partial charge in [-0.2, -0.15) is 0 Å². The van der Waals surface area contributed by atoms with Crippen LogP contribution in [0.5, 0.6) is 5.75 Å². The SMILES string of the molecule is c1ccc(N2CCC3(CC2)CC(NC2CCOCC2)c2ccccc2O3)cc1.